The van der Waals surface area contributed by atoms with E-state index in [1.165, 1.54) is 19.3 Å². The van der Waals surface area contributed by atoms with E-state index in [-0.39, 0.29) is 11.9 Å². The largest absolute Gasteiger partial charge is 0.378 e. The fourth-order valence-electron chi connectivity index (χ4n) is 2.65. The van der Waals surface area contributed by atoms with Crippen LogP contribution in [0.4, 0.5) is 0 Å². The maximum absolute atomic E-state index is 12.3. The van der Waals surface area contributed by atoms with Crippen LogP contribution in [-0.4, -0.2) is 48.7 Å². The van der Waals surface area contributed by atoms with E-state index in [1.807, 2.05) is 0 Å². The molecular formula is C13H24N2O2. The van der Waals surface area contributed by atoms with Crippen LogP contribution >= 0.6 is 0 Å². The topological polar surface area (TPSA) is 41.6 Å². The van der Waals surface area contributed by atoms with Crippen LogP contribution < -0.4 is 5.32 Å². The van der Waals surface area contributed by atoms with Crippen molar-refractivity contribution in [1.82, 2.24) is 10.2 Å². The van der Waals surface area contributed by atoms with Crippen molar-refractivity contribution in [3.8, 4) is 0 Å². The normalized spacial score (nSPS) is 25.7. The number of amides is 1. The third-order valence-corrected chi connectivity index (χ3v) is 3.73. The first kappa shape index (κ1) is 12.8. The Morgan fingerprint density at radius 2 is 2.24 bits per heavy atom. The van der Waals surface area contributed by atoms with E-state index in [9.17, 15) is 4.79 Å². The van der Waals surface area contributed by atoms with Gasteiger partial charge in [0.2, 0.25) is 5.91 Å². The summed E-state index contributed by atoms with van der Waals surface area (Å²) in [5.41, 5.74) is 0. The monoisotopic (exact) mass is 240 g/mol. The molecule has 17 heavy (non-hydrogen) atoms. The van der Waals surface area contributed by atoms with E-state index in [0.717, 1.165) is 13.2 Å². The Hall–Kier alpha value is -0.610. The Balaban J connectivity index is 1.86. The Morgan fingerprint density at radius 1 is 1.47 bits per heavy atom. The van der Waals surface area contributed by atoms with Crippen molar-refractivity contribution in [1.29, 1.82) is 0 Å². The van der Waals surface area contributed by atoms with Crippen molar-refractivity contribution >= 4 is 5.91 Å². The Morgan fingerprint density at radius 3 is 2.71 bits per heavy atom. The van der Waals surface area contributed by atoms with Crippen molar-refractivity contribution in [3.63, 3.8) is 0 Å². The summed E-state index contributed by atoms with van der Waals surface area (Å²) >= 11 is 0. The van der Waals surface area contributed by atoms with E-state index in [0.29, 0.717) is 25.1 Å². The second-order valence-electron chi connectivity index (χ2n) is 5.41. The van der Waals surface area contributed by atoms with Crippen LogP contribution in [0.25, 0.3) is 0 Å². The zero-order chi connectivity index (χ0) is 12.3. The molecule has 2 rings (SSSR count). The fraction of sp³-hybridized carbons (Fsp3) is 0.923. The van der Waals surface area contributed by atoms with Crippen molar-refractivity contribution < 1.29 is 9.53 Å². The molecule has 4 heteroatoms. The lowest BCUT2D eigenvalue weighted by Gasteiger charge is -2.41. The molecule has 0 spiro atoms. The molecule has 1 heterocycles. The van der Waals surface area contributed by atoms with Gasteiger partial charge < -0.3 is 15.0 Å². The van der Waals surface area contributed by atoms with Gasteiger partial charge in [-0.15, -0.1) is 0 Å². The highest BCUT2D eigenvalue weighted by atomic mass is 16.5. The molecule has 98 valence electrons. The highest BCUT2D eigenvalue weighted by Crippen LogP contribution is 2.27. The Bertz CT molecular complexity index is 258. The van der Waals surface area contributed by atoms with Crippen molar-refractivity contribution in [2.24, 2.45) is 0 Å². The Kier molecular flexibility index (Phi) is 4.40. The summed E-state index contributed by atoms with van der Waals surface area (Å²) in [5, 5.41) is 3.35. The molecule has 1 aliphatic carbocycles. The van der Waals surface area contributed by atoms with Gasteiger partial charge in [0.05, 0.1) is 13.2 Å². The molecule has 4 nitrogen and oxygen atoms in total. The van der Waals surface area contributed by atoms with Gasteiger partial charge in [-0.05, 0) is 33.1 Å². The van der Waals surface area contributed by atoms with Gasteiger partial charge in [-0.2, -0.15) is 0 Å². The number of carbonyl (C=O) groups excluding carboxylic acids is 1. The van der Waals surface area contributed by atoms with Crippen LogP contribution in [0.3, 0.4) is 0 Å². The van der Waals surface area contributed by atoms with Gasteiger partial charge in [-0.25, -0.2) is 0 Å². The molecule has 1 saturated heterocycles. The van der Waals surface area contributed by atoms with Crippen molar-refractivity contribution in [3.05, 3.63) is 0 Å². The predicted octanol–water partition coefficient (Wildman–Crippen LogP) is 1.15. The van der Waals surface area contributed by atoms with Gasteiger partial charge in [-0.3, -0.25) is 4.79 Å². The van der Waals surface area contributed by atoms with Crippen LogP contribution in [0.1, 0.15) is 39.5 Å². The first-order chi connectivity index (χ1) is 8.18. The Labute approximate surface area is 104 Å². The second-order valence-corrected chi connectivity index (χ2v) is 5.41. The number of morpholine rings is 1. The molecule has 2 fully saturated rings. The summed E-state index contributed by atoms with van der Waals surface area (Å²) < 4.78 is 5.39. The number of nitrogens with zero attached hydrogens (tertiary/aromatic N) is 1. The van der Waals surface area contributed by atoms with Gasteiger partial charge in [0, 0.05) is 31.1 Å². The molecule has 1 aliphatic heterocycles. The number of nitrogens with one attached hydrogen (secondary N) is 1. The van der Waals surface area contributed by atoms with Crippen molar-refractivity contribution in [2.75, 3.05) is 19.8 Å². The molecule has 0 radical (unpaired) electrons. The number of hydrogen-bond donors (Lipinski definition) is 1. The number of ether oxygens (including phenoxy) is 1. The lowest BCUT2D eigenvalue weighted by atomic mass is 9.90. The molecule has 0 aromatic heterocycles. The minimum absolute atomic E-state index is 0.206. The molecule has 1 N–H and O–H groups in total. The summed E-state index contributed by atoms with van der Waals surface area (Å²) in [6, 6.07) is 1.02. The van der Waals surface area contributed by atoms with Crippen LogP contribution in [0.2, 0.25) is 0 Å². The number of hydrogen-bond acceptors (Lipinski definition) is 3. The minimum atomic E-state index is 0.206. The summed E-state index contributed by atoms with van der Waals surface area (Å²) in [7, 11) is 0. The predicted molar refractivity (Wildman–Crippen MR) is 66.8 cm³/mol. The first-order valence-electron chi connectivity index (χ1n) is 6.80. The third-order valence-electron chi connectivity index (χ3n) is 3.73. The lowest BCUT2D eigenvalue weighted by Crippen LogP contribution is -2.51. The zero-order valence-corrected chi connectivity index (χ0v) is 10.9. The van der Waals surface area contributed by atoms with Crippen LogP contribution in [0.5, 0.6) is 0 Å². The van der Waals surface area contributed by atoms with E-state index in [1.54, 1.807) is 0 Å². The summed E-state index contributed by atoms with van der Waals surface area (Å²) in [4.78, 5) is 14.4. The quantitative estimate of drug-likeness (QED) is 0.801. The zero-order valence-electron chi connectivity index (χ0n) is 10.9. The van der Waals surface area contributed by atoms with Crippen LogP contribution in [-0.2, 0) is 9.53 Å². The molecule has 0 aromatic carbocycles. The molecule has 1 atom stereocenters. The molecule has 0 bridgehead atoms. The highest BCUT2D eigenvalue weighted by molar-refractivity contribution is 5.77. The molecule has 1 amide bonds. The van der Waals surface area contributed by atoms with Gasteiger partial charge >= 0.3 is 0 Å². The van der Waals surface area contributed by atoms with E-state index < -0.39 is 0 Å². The van der Waals surface area contributed by atoms with E-state index in [4.69, 9.17) is 4.74 Å². The lowest BCUT2D eigenvalue weighted by molar-refractivity contribution is -0.138. The van der Waals surface area contributed by atoms with E-state index in [2.05, 4.69) is 24.1 Å². The summed E-state index contributed by atoms with van der Waals surface area (Å²) in [6.07, 6.45) is 4.21. The number of carbonyl (C=O) groups is 1. The maximum Gasteiger partial charge on any atom is 0.224 e. The van der Waals surface area contributed by atoms with Gasteiger partial charge in [0.15, 0.2) is 0 Å². The smallest absolute Gasteiger partial charge is 0.224 e. The molecule has 0 aromatic rings. The van der Waals surface area contributed by atoms with Crippen LogP contribution in [0.15, 0.2) is 0 Å². The van der Waals surface area contributed by atoms with Gasteiger partial charge in [0.25, 0.3) is 0 Å². The molecule has 1 unspecified atom stereocenters. The fourth-order valence-corrected chi connectivity index (χ4v) is 2.65. The van der Waals surface area contributed by atoms with E-state index >= 15 is 0 Å². The van der Waals surface area contributed by atoms with Crippen LogP contribution in [0, 0.1) is 0 Å². The van der Waals surface area contributed by atoms with Gasteiger partial charge in [-0.1, -0.05) is 0 Å². The third kappa shape index (κ3) is 3.19. The van der Waals surface area contributed by atoms with Crippen molar-refractivity contribution in [2.45, 2.75) is 57.7 Å². The summed E-state index contributed by atoms with van der Waals surface area (Å²) in [5.74, 6) is 0.285. The SMILES string of the molecule is CC(C)N(C(=O)CC1COCCN1)C1CCC1. The highest BCUT2D eigenvalue weighted by Gasteiger charge is 2.31. The molecular weight excluding hydrogens is 216 g/mol. The second kappa shape index (κ2) is 5.83. The summed E-state index contributed by atoms with van der Waals surface area (Å²) in [6.45, 7) is 6.52. The first-order valence-corrected chi connectivity index (χ1v) is 6.80. The standard InChI is InChI=1S/C13H24N2O2/c1-10(2)15(12-4-3-5-12)13(16)8-11-9-17-7-6-14-11/h10-12,14H,3-9H2,1-2H3. The average Bonchev–Trinajstić information content (AvgIpc) is 2.23. The average molecular weight is 240 g/mol. The number of rotatable bonds is 4. The minimum Gasteiger partial charge on any atom is -0.378 e. The molecule has 1 saturated carbocycles. The maximum atomic E-state index is 12.3. The molecule has 2 aliphatic rings. The van der Waals surface area contributed by atoms with Gasteiger partial charge in [0.1, 0.15) is 0 Å².